The van der Waals surface area contributed by atoms with Crippen LogP contribution in [0, 0.1) is 11.7 Å². The van der Waals surface area contributed by atoms with Gasteiger partial charge in [-0.2, -0.15) is 0 Å². The number of amides is 1. The molecule has 0 aliphatic carbocycles. The highest BCUT2D eigenvalue weighted by Gasteiger charge is 2.25. The minimum absolute atomic E-state index is 0.226. The SMILES string of the molecule is NC(=O)C[C@H]1CCN(c2ccc(N)cc2F)C1. The van der Waals surface area contributed by atoms with Gasteiger partial charge >= 0.3 is 0 Å². The number of hydrogen-bond donors (Lipinski definition) is 2. The van der Waals surface area contributed by atoms with Crippen molar-refractivity contribution in [3.8, 4) is 0 Å². The molecule has 1 heterocycles. The number of primary amides is 1. The molecule has 1 fully saturated rings. The van der Waals surface area contributed by atoms with Gasteiger partial charge < -0.3 is 16.4 Å². The van der Waals surface area contributed by atoms with Gasteiger partial charge in [0.2, 0.25) is 5.91 Å². The second-order valence-electron chi connectivity index (χ2n) is 4.48. The van der Waals surface area contributed by atoms with Crippen LogP contribution < -0.4 is 16.4 Å². The molecule has 0 saturated carbocycles. The minimum Gasteiger partial charge on any atom is -0.399 e. The predicted molar refractivity (Wildman–Crippen MR) is 64.9 cm³/mol. The maximum atomic E-state index is 13.7. The third-order valence-electron chi connectivity index (χ3n) is 3.09. The maximum Gasteiger partial charge on any atom is 0.217 e. The number of nitrogen functional groups attached to an aromatic ring is 1. The summed E-state index contributed by atoms with van der Waals surface area (Å²) in [6, 6.07) is 4.67. The first-order valence-electron chi connectivity index (χ1n) is 5.64. The first-order valence-corrected chi connectivity index (χ1v) is 5.64. The molecule has 1 atom stereocenters. The number of hydrogen-bond acceptors (Lipinski definition) is 3. The summed E-state index contributed by atoms with van der Waals surface area (Å²) in [7, 11) is 0. The van der Waals surface area contributed by atoms with Gasteiger partial charge in [0.05, 0.1) is 5.69 Å². The van der Waals surface area contributed by atoms with Gasteiger partial charge in [0.1, 0.15) is 5.82 Å². The lowest BCUT2D eigenvalue weighted by molar-refractivity contribution is -0.118. The van der Waals surface area contributed by atoms with Crippen molar-refractivity contribution < 1.29 is 9.18 Å². The van der Waals surface area contributed by atoms with Crippen molar-refractivity contribution in [3.05, 3.63) is 24.0 Å². The lowest BCUT2D eigenvalue weighted by atomic mass is 10.1. The molecule has 0 spiro atoms. The van der Waals surface area contributed by atoms with Crippen molar-refractivity contribution in [1.82, 2.24) is 0 Å². The Labute approximate surface area is 99.4 Å². The molecular formula is C12H16FN3O. The van der Waals surface area contributed by atoms with Gasteiger partial charge in [0.15, 0.2) is 0 Å². The minimum atomic E-state index is -0.315. The van der Waals surface area contributed by atoms with Crippen LogP contribution in [-0.4, -0.2) is 19.0 Å². The van der Waals surface area contributed by atoms with Crippen LogP contribution in [0.2, 0.25) is 0 Å². The second-order valence-corrected chi connectivity index (χ2v) is 4.48. The van der Waals surface area contributed by atoms with E-state index < -0.39 is 0 Å². The van der Waals surface area contributed by atoms with Gasteiger partial charge in [-0.1, -0.05) is 0 Å². The summed E-state index contributed by atoms with van der Waals surface area (Å²) in [6.45, 7) is 1.42. The van der Waals surface area contributed by atoms with E-state index in [1.807, 2.05) is 4.90 Å². The monoisotopic (exact) mass is 237 g/mol. The smallest absolute Gasteiger partial charge is 0.217 e. The van der Waals surface area contributed by atoms with E-state index in [-0.39, 0.29) is 17.6 Å². The molecule has 0 unspecified atom stereocenters. The number of nitrogens with zero attached hydrogens (tertiary/aromatic N) is 1. The van der Waals surface area contributed by atoms with Gasteiger partial charge in [0.25, 0.3) is 0 Å². The number of rotatable bonds is 3. The Hall–Kier alpha value is -1.78. The molecule has 17 heavy (non-hydrogen) atoms. The Balaban J connectivity index is 2.07. The number of carbonyl (C=O) groups excluding carboxylic acids is 1. The van der Waals surface area contributed by atoms with Crippen LogP contribution in [0.3, 0.4) is 0 Å². The van der Waals surface area contributed by atoms with E-state index in [1.165, 1.54) is 6.07 Å². The molecule has 5 heteroatoms. The highest BCUT2D eigenvalue weighted by molar-refractivity contribution is 5.74. The maximum absolute atomic E-state index is 13.7. The Bertz CT molecular complexity index is 436. The molecule has 1 saturated heterocycles. The topological polar surface area (TPSA) is 72.4 Å². The lowest BCUT2D eigenvalue weighted by Crippen LogP contribution is -2.23. The average Bonchev–Trinajstić information content (AvgIpc) is 2.65. The summed E-state index contributed by atoms with van der Waals surface area (Å²) in [5.41, 5.74) is 11.6. The summed E-state index contributed by atoms with van der Waals surface area (Å²) >= 11 is 0. The first kappa shape index (κ1) is 11.7. The lowest BCUT2D eigenvalue weighted by Gasteiger charge is -2.19. The van der Waals surface area contributed by atoms with E-state index in [1.54, 1.807) is 12.1 Å². The largest absolute Gasteiger partial charge is 0.399 e. The molecule has 1 aliphatic heterocycles. The highest BCUT2D eigenvalue weighted by atomic mass is 19.1. The summed E-state index contributed by atoms with van der Waals surface area (Å²) in [5.74, 6) is -0.385. The fraction of sp³-hybridized carbons (Fsp3) is 0.417. The van der Waals surface area contributed by atoms with Gasteiger partial charge in [-0.05, 0) is 30.5 Å². The number of benzene rings is 1. The summed E-state index contributed by atoms with van der Waals surface area (Å²) in [4.78, 5) is 12.8. The molecule has 4 nitrogen and oxygen atoms in total. The van der Waals surface area contributed by atoms with Gasteiger partial charge in [-0.25, -0.2) is 4.39 Å². The van der Waals surface area contributed by atoms with Crippen LogP contribution in [-0.2, 0) is 4.79 Å². The number of nitrogens with two attached hydrogens (primary N) is 2. The van der Waals surface area contributed by atoms with E-state index >= 15 is 0 Å². The Morgan fingerprint density at radius 2 is 2.29 bits per heavy atom. The molecule has 1 aromatic carbocycles. The molecular weight excluding hydrogens is 221 g/mol. The average molecular weight is 237 g/mol. The molecule has 0 radical (unpaired) electrons. The van der Waals surface area contributed by atoms with Crippen molar-refractivity contribution in [1.29, 1.82) is 0 Å². The molecule has 0 bridgehead atoms. The van der Waals surface area contributed by atoms with Gasteiger partial charge in [-0.15, -0.1) is 0 Å². The molecule has 4 N–H and O–H groups in total. The van der Waals surface area contributed by atoms with E-state index in [9.17, 15) is 9.18 Å². The summed E-state index contributed by atoms with van der Waals surface area (Å²) in [5, 5.41) is 0. The van der Waals surface area contributed by atoms with Crippen LogP contribution in [0.4, 0.5) is 15.8 Å². The molecule has 2 rings (SSSR count). The fourth-order valence-corrected chi connectivity index (χ4v) is 2.28. The zero-order valence-corrected chi connectivity index (χ0v) is 9.53. The van der Waals surface area contributed by atoms with Crippen molar-refractivity contribution >= 4 is 17.3 Å². The van der Waals surface area contributed by atoms with Crippen molar-refractivity contribution in [2.24, 2.45) is 11.7 Å². The molecule has 0 aromatic heterocycles. The zero-order valence-electron chi connectivity index (χ0n) is 9.53. The van der Waals surface area contributed by atoms with E-state index in [2.05, 4.69) is 0 Å². The van der Waals surface area contributed by atoms with Crippen LogP contribution in [0.5, 0.6) is 0 Å². The van der Waals surface area contributed by atoms with Crippen LogP contribution >= 0.6 is 0 Å². The van der Waals surface area contributed by atoms with Crippen molar-refractivity contribution in [2.75, 3.05) is 23.7 Å². The Morgan fingerprint density at radius 3 is 2.94 bits per heavy atom. The van der Waals surface area contributed by atoms with Crippen molar-refractivity contribution in [2.45, 2.75) is 12.8 Å². The predicted octanol–water partition coefficient (Wildman–Crippen LogP) is 1.11. The van der Waals surface area contributed by atoms with Crippen molar-refractivity contribution in [3.63, 3.8) is 0 Å². The zero-order chi connectivity index (χ0) is 12.4. The molecule has 1 amide bonds. The quantitative estimate of drug-likeness (QED) is 0.773. The van der Waals surface area contributed by atoms with Gasteiger partial charge in [0, 0.05) is 25.2 Å². The molecule has 1 aliphatic rings. The fourth-order valence-electron chi connectivity index (χ4n) is 2.28. The highest BCUT2D eigenvalue weighted by Crippen LogP contribution is 2.28. The van der Waals surface area contributed by atoms with E-state index in [0.717, 1.165) is 13.0 Å². The summed E-state index contributed by atoms with van der Waals surface area (Å²) in [6.07, 6.45) is 1.24. The number of halogens is 1. The van der Waals surface area contributed by atoms with Crippen LogP contribution in [0.1, 0.15) is 12.8 Å². The third kappa shape index (κ3) is 2.67. The van der Waals surface area contributed by atoms with Crippen LogP contribution in [0.25, 0.3) is 0 Å². The normalized spacial score (nSPS) is 19.6. The molecule has 1 aromatic rings. The number of anilines is 2. The standard InChI is InChI=1S/C12H16FN3O/c13-10-6-9(14)1-2-11(10)16-4-3-8(7-16)5-12(15)17/h1-2,6,8H,3-5,7,14H2,(H2,15,17)/t8-/m1/s1. The third-order valence-corrected chi connectivity index (χ3v) is 3.09. The van der Waals surface area contributed by atoms with E-state index in [0.29, 0.717) is 24.3 Å². The van der Waals surface area contributed by atoms with Crippen LogP contribution in [0.15, 0.2) is 18.2 Å². The second kappa shape index (κ2) is 4.61. The summed E-state index contributed by atoms with van der Waals surface area (Å²) < 4.78 is 13.7. The Kier molecular flexibility index (Phi) is 3.17. The Morgan fingerprint density at radius 1 is 1.53 bits per heavy atom. The molecule has 92 valence electrons. The number of carbonyl (C=O) groups is 1. The van der Waals surface area contributed by atoms with E-state index in [4.69, 9.17) is 11.5 Å². The first-order chi connectivity index (χ1) is 8.06. The van der Waals surface area contributed by atoms with Gasteiger partial charge in [-0.3, -0.25) is 4.79 Å².